The van der Waals surface area contributed by atoms with Crippen molar-refractivity contribution in [3.8, 4) is 0 Å². The first-order valence-electron chi connectivity index (χ1n) is 10.7. The number of rotatable bonds is 5. The SMILES string of the molecule is CC1=CCC(NC(=O)c2ccc3ccccc3c2)C(=O)N(CC(=O)NC2CC(=O)OC2O)C1. The molecule has 3 atom stereocenters. The zero-order chi connectivity index (χ0) is 23.5. The smallest absolute Gasteiger partial charge is 0.310 e. The number of benzene rings is 2. The maximum absolute atomic E-state index is 13.1. The second-order valence-electron chi connectivity index (χ2n) is 8.33. The van der Waals surface area contributed by atoms with Crippen molar-refractivity contribution in [3.05, 3.63) is 59.7 Å². The number of ether oxygens (including phenoxy) is 1. The molecule has 3 amide bonds. The van der Waals surface area contributed by atoms with E-state index >= 15 is 0 Å². The summed E-state index contributed by atoms with van der Waals surface area (Å²) in [5, 5.41) is 16.9. The van der Waals surface area contributed by atoms with Crippen LogP contribution in [0.25, 0.3) is 10.8 Å². The number of amides is 3. The number of carbonyl (C=O) groups is 4. The van der Waals surface area contributed by atoms with Gasteiger partial charge < -0.3 is 25.4 Å². The molecule has 2 heterocycles. The molecule has 0 saturated carbocycles. The molecule has 0 spiro atoms. The normalized spacial score (nSPS) is 23.0. The van der Waals surface area contributed by atoms with Gasteiger partial charge in [0.1, 0.15) is 12.1 Å². The monoisotopic (exact) mass is 451 g/mol. The van der Waals surface area contributed by atoms with E-state index in [0.717, 1.165) is 16.3 Å². The molecule has 2 aliphatic heterocycles. The highest BCUT2D eigenvalue weighted by molar-refractivity contribution is 6.01. The molecule has 4 rings (SSSR count). The van der Waals surface area contributed by atoms with Crippen molar-refractivity contribution in [2.24, 2.45) is 0 Å². The van der Waals surface area contributed by atoms with Crippen LogP contribution in [0.3, 0.4) is 0 Å². The summed E-state index contributed by atoms with van der Waals surface area (Å²) in [5.41, 5.74) is 1.33. The fourth-order valence-electron chi connectivity index (χ4n) is 4.00. The Bertz CT molecular complexity index is 1140. The van der Waals surface area contributed by atoms with Crippen LogP contribution in [0.15, 0.2) is 54.1 Å². The summed E-state index contributed by atoms with van der Waals surface area (Å²) in [6.07, 6.45) is 0.640. The Labute approximate surface area is 190 Å². The van der Waals surface area contributed by atoms with Gasteiger partial charge in [0.25, 0.3) is 5.91 Å². The van der Waals surface area contributed by atoms with Crippen LogP contribution < -0.4 is 10.6 Å². The summed E-state index contributed by atoms with van der Waals surface area (Å²) in [7, 11) is 0. The Hall–Kier alpha value is -3.72. The third-order valence-corrected chi connectivity index (χ3v) is 5.73. The molecule has 1 fully saturated rings. The molecular formula is C24H25N3O6. The third-order valence-electron chi connectivity index (χ3n) is 5.73. The van der Waals surface area contributed by atoms with Crippen LogP contribution in [0.2, 0.25) is 0 Å². The molecule has 0 radical (unpaired) electrons. The standard InChI is InChI=1S/C24H25N3O6/c1-14-6-9-18(26-22(30)17-8-7-15-4-2-3-5-16(15)10-17)23(31)27(12-14)13-20(28)25-19-11-21(29)33-24(19)32/h2-8,10,18-19,24,32H,9,11-13H2,1H3,(H,25,28)(H,26,30). The van der Waals surface area contributed by atoms with Gasteiger partial charge in [-0.05, 0) is 36.2 Å². The van der Waals surface area contributed by atoms with Crippen molar-refractivity contribution in [1.29, 1.82) is 0 Å². The average Bonchev–Trinajstić information content (AvgIpc) is 3.04. The van der Waals surface area contributed by atoms with Gasteiger partial charge in [-0.25, -0.2) is 0 Å². The molecule has 2 aliphatic rings. The van der Waals surface area contributed by atoms with Crippen LogP contribution >= 0.6 is 0 Å². The third kappa shape index (κ3) is 5.20. The summed E-state index contributed by atoms with van der Waals surface area (Å²) in [6, 6.07) is 11.3. The quantitative estimate of drug-likeness (QED) is 0.458. The minimum Gasteiger partial charge on any atom is -0.434 e. The second-order valence-corrected chi connectivity index (χ2v) is 8.33. The number of nitrogens with one attached hydrogen (secondary N) is 2. The van der Waals surface area contributed by atoms with E-state index in [4.69, 9.17) is 0 Å². The number of cyclic esters (lactones) is 1. The summed E-state index contributed by atoms with van der Waals surface area (Å²) < 4.78 is 4.62. The van der Waals surface area contributed by atoms with Crippen LogP contribution in [0.5, 0.6) is 0 Å². The van der Waals surface area contributed by atoms with Gasteiger partial charge in [-0.3, -0.25) is 19.2 Å². The fraction of sp³-hybridized carbons (Fsp3) is 0.333. The summed E-state index contributed by atoms with van der Waals surface area (Å²) >= 11 is 0. The van der Waals surface area contributed by atoms with Gasteiger partial charge in [0.05, 0.1) is 13.0 Å². The van der Waals surface area contributed by atoms with E-state index in [-0.39, 0.29) is 31.3 Å². The zero-order valence-corrected chi connectivity index (χ0v) is 18.1. The largest absolute Gasteiger partial charge is 0.434 e. The first-order chi connectivity index (χ1) is 15.8. The van der Waals surface area contributed by atoms with Gasteiger partial charge in [-0.15, -0.1) is 0 Å². The molecule has 9 nitrogen and oxygen atoms in total. The molecule has 2 aromatic rings. The molecule has 0 aromatic heterocycles. The highest BCUT2D eigenvalue weighted by Gasteiger charge is 2.35. The average molecular weight is 451 g/mol. The maximum Gasteiger partial charge on any atom is 0.310 e. The van der Waals surface area contributed by atoms with Crippen molar-refractivity contribution in [1.82, 2.24) is 15.5 Å². The van der Waals surface area contributed by atoms with Gasteiger partial charge >= 0.3 is 5.97 Å². The van der Waals surface area contributed by atoms with Crippen LogP contribution in [0, 0.1) is 0 Å². The summed E-state index contributed by atoms with van der Waals surface area (Å²) in [5.74, 6) is -1.89. The number of fused-ring (bicyclic) bond motifs is 1. The minimum absolute atomic E-state index is 0.135. The molecule has 2 aromatic carbocycles. The van der Waals surface area contributed by atoms with E-state index in [9.17, 15) is 24.3 Å². The molecule has 0 bridgehead atoms. The van der Waals surface area contributed by atoms with Gasteiger partial charge in [0.15, 0.2) is 0 Å². The van der Waals surface area contributed by atoms with E-state index in [1.807, 2.05) is 43.3 Å². The lowest BCUT2D eigenvalue weighted by molar-refractivity contribution is -0.155. The van der Waals surface area contributed by atoms with Gasteiger partial charge in [-0.1, -0.05) is 42.0 Å². The van der Waals surface area contributed by atoms with E-state index in [1.54, 1.807) is 12.1 Å². The molecule has 3 unspecified atom stereocenters. The maximum atomic E-state index is 13.1. The topological polar surface area (TPSA) is 125 Å². The number of carbonyl (C=O) groups excluding carboxylic acids is 4. The van der Waals surface area contributed by atoms with Crippen LogP contribution in [-0.4, -0.2) is 65.2 Å². The number of aliphatic hydroxyl groups excluding tert-OH is 1. The number of aliphatic hydroxyl groups is 1. The summed E-state index contributed by atoms with van der Waals surface area (Å²) in [6.45, 7) is 1.81. The predicted molar refractivity (Wildman–Crippen MR) is 119 cm³/mol. The van der Waals surface area contributed by atoms with Crippen LogP contribution in [-0.2, 0) is 19.1 Å². The van der Waals surface area contributed by atoms with E-state index in [2.05, 4.69) is 15.4 Å². The summed E-state index contributed by atoms with van der Waals surface area (Å²) in [4.78, 5) is 51.1. The fourth-order valence-corrected chi connectivity index (χ4v) is 4.00. The lowest BCUT2D eigenvalue weighted by Crippen LogP contribution is -2.52. The zero-order valence-electron chi connectivity index (χ0n) is 18.1. The first kappa shape index (κ1) is 22.5. The lowest BCUT2D eigenvalue weighted by Gasteiger charge is -2.26. The molecule has 33 heavy (non-hydrogen) atoms. The van der Waals surface area contributed by atoms with Crippen molar-refractivity contribution in [2.75, 3.05) is 13.1 Å². The van der Waals surface area contributed by atoms with E-state index in [1.165, 1.54) is 4.90 Å². The van der Waals surface area contributed by atoms with Crippen LogP contribution in [0.4, 0.5) is 0 Å². The van der Waals surface area contributed by atoms with E-state index in [0.29, 0.717) is 12.0 Å². The van der Waals surface area contributed by atoms with Crippen molar-refractivity contribution in [3.63, 3.8) is 0 Å². The number of esters is 1. The predicted octanol–water partition coefficient (Wildman–Crippen LogP) is 0.867. The van der Waals surface area contributed by atoms with Crippen molar-refractivity contribution < 1.29 is 29.0 Å². The van der Waals surface area contributed by atoms with Crippen molar-refractivity contribution >= 4 is 34.5 Å². The highest BCUT2D eigenvalue weighted by Crippen LogP contribution is 2.17. The Kier molecular flexibility index (Phi) is 6.41. The number of nitrogens with zero attached hydrogens (tertiary/aromatic N) is 1. The van der Waals surface area contributed by atoms with Gasteiger partial charge in [0.2, 0.25) is 18.1 Å². The Morgan fingerprint density at radius 1 is 1.12 bits per heavy atom. The first-order valence-corrected chi connectivity index (χ1v) is 10.7. The molecule has 0 aliphatic carbocycles. The molecule has 172 valence electrons. The Morgan fingerprint density at radius 2 is 1.88 bits per heavy atom. The van der Waals surface area contributed by atoms with Gasteiger partial charge in [0, 0.05) is 12.1 Å². The number of hydrogen-bond acceptors (Lipinski definition) is 6. The Balaban J connectivity index is 1.43. The van der Waals surface area contributed by atoms with Crippen molar-refractivity contribution in [2.45, 2.75) is 38.1 Å². The molecule has 3 N–H and O–H groups in total. The molecule has 9 heteroatoms. The Morgan fingerprint density at radius 3 is 2.61 bits per heavy atom. The lowest BCUT2D eigenvalue weighted by atomic mass is 10.1. The van der Waals surface area contributed by atoms with Crippen LogP contribution in [0.1, 0.15) is 30.1 Å². The number of hydrogen-bond donors (Lipinski definition) is 3. The molecular weight excluding hydrogens is 426 g/mol. The molecule has 1 saturated heterocycles. The highest BCUT2D eigenvalue weighted by atomic mass is 16.6. The van der Waals surface area contributed by atoms with Gasteiger partial charge in [-0.2, -0.15) is 0 Å². The van der Waals surface area contributed by atoms with E-state index < -0.39 is 30.3 Å². The minimum atomic E-state index is -1.41. The second kappa shape index (κ2) is 9.41.